The number of hydrogen-bond donors (Lipinski definition) is 0. The fourth-order valence-corrected chi connectivity index (χ4v) is 1.29. The number of aromatic nitrogens is 1. The first-order chi connectivity index (χ1) is 7.88. The summed E-state index contributed by atoms with van der Waals surface area (Å²) in [5.74, 6) is 0.787. The van der Waals surface area contributed by atoms with Crippen molar-refractivity contribution in [1.29, 1.82) is 0 Å². The molecular formula is C13H11NO2. The number of benzene rings is 1. The Morgan fingerprint density at radius 3 is 2.38 bits per heavy atom. The third-order valence-corrected chi connectivity index (χ3v) is 2.17. The summed E-state index contributed by atoms with van der Waals surface area (Å²) < 4.78 is 5.54. The SMILES string of the molecule is O=Cc1ccc(COc2ccncc2)cc1. The van der Waals surface area contributed by atoms with E-state index in [-0.39, 0.29) is 0 Å². The summed E-state index contributed by atoms with van der Waals surface area (Å²) in [6.07, 6.45) is 4.20. The Hall–Kier alpha value is -2.16. The van der Waals surface area contributed by atoms with Crippen molar-refractivity contribution >= 4 is 6.29 Å². The lowest BCUT2D eigenvalue weighted by atomic mass is 10.2. The Morgan fingerprint density at radius 2 is 1.75 bits per heavy atom. The highest BCUT2D eigenvalue weighted by Crippen LogP contribution is 2.10. The molecule has 0 unspecified atom stereocenters. The van der Waals surface area contributed by atoms with Gasteiger partial charge < -0.3 is 4.74 Å². The predicted molar refractivity (Wildman–Crippen MR) is 60.4 cm³/mol. The van der Waals surface area contributed by atoms with Crippen LogP contribution >= 0.6 is 0 Å². The predicted octanol–water partition coefficient (Wildman–Crippen LogP) is 2.47. The van der Waals surface area contributed by atoms with Gasteiger partial charge in [0.15, 0.2) is 0 Å². The van der Waals surface area contributed by atoms with Crippen molar-refractivity contribution in [1.82, 2.24) is 4.98 Å². The Labute approximate surface area is 93.7 Å². The Balaban J connectivity index is 1.97. The summed E-state index contributed by atoms with van der Waals surface area (Å²) in [7, 11) is 0. The van der Waals surface area contributed by atoms with Gasteiger partial charge in [-0.15, -0.1) is 0 Å². The van der Waals surface area contributed by atoms with E-state index in [4.69, 9.17) is 4.74 Å². The highest BCUT2D eigenvalue weighted by molar-refractivity contribution is 5.74. The second-order valence-corrected chi connectivity index (χ2v) is 3.33. The van der Waals surface area contributed by atoms with Crippen molar-refractivity contribution in [3.8, 4) is 5.75 Å². The van der Waals surface area contributed by atoms with Gasteiger partial charge in [0.05, 0.1) is 0 Å². The molecule has 0 N–H and O–H groups in total. The van der Waals surface area contributed by atoms with Crippen LogP contribution in [0.1, 0.15) is 15.9 Å². The highest BCUT2D eigenvalue weighted by atomic mass is 16.5. The van der Waals surface area contributed by atoms with Gasteiger partial charge in [-0.2, -0.15) is 0 Å². The number of carbonyl (C=O) groups is 1. The molecule has 0 aliphatic carbocycles. The molecule has 0 aliphatic rings. The third-order valence-electron chi connectivity index (χ3n) is 2.17. The van der Waals surface area contributed by atoms with E-state index in [0.717, 1.165) is 17.6 Å². The van der Waals surface area contributed by atoms with Crippen LogP contribution in [0.2, 0.25) is 0 Å². The van der Waals surface area contributed by atoms with Gasteiger partial charge in [-0.25, -0.2) is 0 Å². The van der Waals surface area contributed by atoms with E-state index in [9.17, 15) is 4.79 Å². The fourth-order valence-electron chi connectivity index (χ4n) is 1.29. The lowest BCUT2D eigenvalue weighted by Crippen LogP contribution is -1.95. The number of carbonyl (C=O) groups excluding carboxylic acids is 1. The molecule has 3 heteroatoms. The molecule has 0 fully saturated rings. The Kier molecular flexibility index (Phi) is 3.28. The monoisotopic (exact) mass is 213 g/mol. The van der Waals surface area contributed by atoms with Crippen LogP contribution in [-0.2, 0) is 6.61 Å². The maximum atomic E-state index is 10.5. The molecule has 0 radical (unpaired) electrons. The largest absolute Gasteiger partial charge is 0.489 e. The smallest absolute Gasteiger partial charge is 0.150 e. The van der Waals surface area contributed by atoms with Crippen molar-refractivity contribution in [3.63, 3.8) is 0 Å². The Morgan fingerprint density at radius 1 is 1.06 bits per heavy atom. The molecular weight excluding hydrogens is 202 g/mol. The first kappa shape index (κ1) is 10.4. The van der Waals surface area contributed by atoms with E-state index < -0.39 is 0 Å². The van der Waals surface area contributed by atoms with Gasteiger partial charge in [0, 0.05) is 18.0 Å². The summed E-state index contributed by atoms with van der Waals surface area (Å²) in [5, 5.41) is 0. The first-order valence-corrected chi connectivity index (χ1v) is 4.95. The molecule has 0 atom stereocenters. The Bertz CT molecular complexity index is 451. The van der Waals surface area contributed by atoms with Crippen molar-refractivity contribution < 1.29 is 9.53 Å². The molecule has 0 saturated heterocycles. The summed E-state index contributed by atoms with van der Waals surface area (Å²) >= 11 is 0. The number of nitrogens with zero attached hydrogens (tertiary/aromatic N) is 1. The van der Waals surface area contributed by atoms with E-state index in [1.807, 2.05) is 12.1 Å². The van der Waals surface area contributed by atoms with Crippen molar-refractivity contribution in [2.45, 2.75) is 6.61 Å². The molecule has 3 nitrogen and oxygen atoms in total. The van der Waals surface area contributed by atoms with Crippen LogP contribution in [0.4, 0.5) is 0 Å². The van der Waals surface area contributed by atoms with Crippen LogP contribution in [0.15, 0.2) is 48.8 Å². The zero-order valence-corrected chi connectivity index (χ0v) is 8.67. The minimum atomic E-state index is 0.489. The molecule has 1 aromatic heterocycles. The maximum absolute atomic E-state index is 10.5. The third kappa shape index (κ3) is 2.67. The molecule has 2 rings (SSSR count). The molecule has 0 bridgehead atoms. The van der Waals surface area contributed by atoms with E-state index in [0.29, 0.717) is 12.2 Å². The van der Waals surface area contributed by atoms with E-state index >= 15 is 0 Å². The van der Waals surface area contributed by atoms with Gasteiger partial charge in [-0.05, 0) is 17.7 Å². The van der Waals surface area contributed by atoms with Crippen molar-refractivity contribution in [2.24, 2.45) is 0 Å². The molecule has 2 aromatic rings. The van der Waals surface area contributed by atoms with Gasteiger partial charge in [0.2, 0.25) is 0 Å². The second kappa shape index (κ2) is 5.07. The highest BCUT2D eigenvalue weighted by Gasteiger charge is 1.95. The first-order valence-electron chi connectivity index (χ1n) is 4.95. The molecule has 80 valence electrons. The van der Waals surface area contributed by atoms with Gasteiger partial charge in [0.1, 0.15) is 18.6 Å². The van der Waals surface area contributed by atoms with Crippen LogP contribution in [0.25, 0.3) is 0 Å². The molecule has 1 aromatic carbocycles. The van der Waals surface area contributed by atoms with Crippen LogP contribution in [-0.4, -0.2) is 11.3 Å². The van der Waals surface area contributed by atoms with E-state index in [1.165, 1.54) is 0 Å². The number of rotatable bonds is 4. The topological polar surface area (TPSA) is 39.2 Å². The van der Waals surface area contributed by atoms with Crippen LogP contribution in [0, 0.1) is 0 Å². The summed E-state index contributed by atoms with van der Waals surface area (Å²) in [4.78, 5) is 14.4. The van der Waals surface area contributed by atoms with Crippen LogP contribution in [0.3, 0.4) is 0 Å². The zero-order chi connectivity index (χ0) is 11.2. The average Bonchev–Trinajstić information content (AvgIpc) is 2.38. The molecule has 1 heterocycles. The number of aldehydes is 1. The van der Waals surface area contributed by atoms with E-state index in [2.05, 4.69) is 4.98 Å². The van der Waals surface area contributed by atoms with Crippen LogP contribution < -0.4 is 4.74 Å². The number of pyridine rings is 1. The summed E-state index contributed by atoms with van der Waals surface area (Å²) in [5.41, 5.74) is 1.70. The van der Waals surface area contributed by atoms with Gasteiger partial charge in [-0.1, -0.05) is 24.3 Å². The molecule has 0 aliphatic heterocycles. The summed E-state index contributed by atoms with van der Waals surface area (Å²) in [6.45, 7) is 0.489. The zero-order valence-electron chi connectivity index (χ0n) is 8.67. The molecule has 0 spiro atoms. The lowest BCUT2D eigenvalue weighted by Gasteiger charge is -2.05. The normalized spacial score (nSPS) is 9.75. The fraction of sp³-hybridized carbons (Fsp3) is 0.0769. The maximum Gasteiger partial charge on any atom is 0.150 e. The van der Waals surface area contributed by atoms with Gasteiger partial charge >= 0.3 is 0 Å². The average molecular weight is 213 g/mol. The lowest BCUT2D eigenvalue weighted by molar-refractivity contribution is 0.112. The molecule has 0 amide bonds. The van der Waals surface area contributed by atoms with Crippen molar-refractivity contribution in [2.75, 3.05) is 0 Å². The van der Waals surface area contributed by atoms with Crippen molar-refractivity contribution in [3.05, 3.63) is 59.9 Å². The van der Waals surface area contributed by atoms with E-state index in [1.54, 1.807) is 36.7 Å². The molecule has 0 saturated carbocycles. The second-order valence-electron chi connectivity index (χ2n) is 3.33. The standard InChI is InChI=1S/C13H11NO2/c15-9-11-1-3-12(4-2-11)10-16-13-5-7-14-8-6-13/h1-9H,10H2. The molecule has 16 heavy (non-hydrogen) atoms. The minimum Gasteiger partial charge on any atom is -0.489 e. The van der Waals surface area contributed by atoms with Crippen LogP contribution in [0.5, 0.6) is 5.75 Å². The summed E-state index contributed by atoms with van der Waals surface area (Å²) in [6, 6.07) is 10.9. The minimum absolute atomic E-state index is 0.489. The van der Waals surface area contributed by atoms with Gasteiger partial charge in [0.25, 0.3) is 0 Å². The quantitative estimate of drug-likeness (QED) is 0.732. The van der Waals surface area contributed by atoms with Gasteiger partial charge in [-0.3, -0.25) is 9.78 Å². The number of ether oxygens (including phenoxy) is 1. The number of hydrogen-bond acceptors (Lipinski definition) is 3.